The van der Waals surface area contributed by atoms with E-state index >= 15 is 0 Å². The third kappa shape index (κ3) is 3.82. The largest absolute Gasteiger partial charge is 0.466 e. The minimum atomic E-state index is -0.128. The van der Waals surface area contributed by atoms with Crippen LogP contribution in [0, 0.1) is 11.3 Å². The molecule has 0 aromatic heterocycles. The number of ether oxygens (including phenoxy) is 2. The fraction of sp³-hybridized carbons (Fsp3) is 0.733. The van der Waals surface area contributed by atoms with Crippen molar-refractivity contribution in [2.75, 3.05) is 19.8 Å². The van der Waals surface area contributed by atoms with E-state index in [-0.39, 0.29) is 11.9 Å². The summed E-state index contributed by atoms with van der Waals surface area (Å²) in [6.45, 7) is 3.85. The highest BCUT2D eigenvalue weighted by Crippen LogP contribution is 2.29. The number of hydrogen-bond acceptors (Lipinski definition) is 5. The molecule has 1 heterocycles. The Morgan fingerprint density at radius 3 is 2.85 bits per heavy atom. The summed E-state index contributed by atoms with van der Waals surface area (Å²) in [5.41, 5.74) is 2.08. The summed E-state index contributed by atoms with van der Waals surface area (Å²) in [6.07, 6.45) is 5.65. The van der Waals surface area contributed by atoms with E-state index in [0.717, 1.165) is 50.2 Å². The maximum Gasteiger partial charge on any atom is 0.309 e. The van der Waals surface area contributed by atoms with Gasteiger partial charge in [0.2, 0.25) is 0 Å². The second-order valence-electron chi connectivity index (χ2n) is 5.37. The van der Waals surface area contributed by atoms with Gasteiger partial charge in [0, 0.05) is 31.2 Å². The first-order valence-corrected chi connectivity index (χ1v) is 7.48. The third-order valence-electron chi connectivity index (χ3n) is 3.99. The van der Waals surface area contributed by atoms with Crippen molar-refractivity contribution in [3.05, 3.63) is 11.3 Å². The topological polar surface area (TPSA) is 71.4 Å². The number of hydrogen-bond donors (Lipinski definition) is 2. The van der Waals surface area contributed by atoms with Crippen LogP contribution in [0.1, 0.15) is 39.0 Å². The predicted octanol–water partition coefficient (Wildman–Crippen LogP) is 2.02. The zero-order chi connectivity index (χ0) is 14.4. The summed E-state index contributed by atoms with van der Waals surface area (Å²) in [6, 6.07) is 0.438. The molecule has 1 fully saturated rings. The van der Waals surface area contributed by atoms with E-state index < -0.39 is 0 Å². The lowest BCUT2D eigenvalue weighted by Gasteiger charge is -2.30. The summed E-state index contributed by atoms with van der Waals surface area (Å²) in [5, 5.41) is 11.1. The van der Waals surface area contributed by atoms with Crippen molar-refractivity contribution in [2.24, 2.45) is 5.92 Å². The molecule has 1 atom stereocenters. The van der Waals surface area contributed by atoms with Gasteiger partial charge in [-0.3, -0.25) is 4.79 Å². The van der Waals surface area contributed by atoms with Crippen molar-refractivity contribution >= 4 is 12.2 Å². The molecule has 1 unspecified atom stereocenters. The highest BCUT2D eigenvalue weighted by molar-refractivity contribution is 5.81. The van der Waals surface area contributed by atoms with Crippen molar-refractivity contribution in [3.8, 4) is 0 Å². The summed E-state index contributed by atoms with van der Waals surface area (Å²) in [5.74, 6) is -0.219. The normalized spacial score (nSPS) is 24.4. The van der Waals surface area contributed by atoms with Crippen LogP contribution in [0.25, 0.3) is 0 Å². The monoisotopic (exact) mass is 280 g/mol. The number of rotatable bonds is 5. The molecule has 1 saturated heterocycles. The van der Waals surface area contributed by atoms with Gasteiger partial charge in [-0.05, 0) is 44.6 Å². The first kappa shape index (κ1) is 15.0. The summed E-state index contributed by atoms with van der Waals surface area (Å²) in [4.78, 5) is 11.8. The second-order valence-corrected chi connectivity index (χ2v) is 5.37. The van der Waals surface area contributed by atoms with Crippen LogP contribution in [0.3, 0.4) is 0 Å². The van der Waals surface area contributed by atoms with Crippen LogP contribution in [0.15, 0.2) is 11.3 Å². The van der Waals surface area contributed by atoms with Crippen molar-refractivity contribution < 1.29 is 14.3 Å². The lowest BCUT2D eigenvalue weighted by atomic mass is 9.86. The number of nitrogens with one attached hydrogen (secondary N) is 2. The summed E-state index contributed by atoms with van der Waals surface area (Å²) >= 11 is 0. The number of carbonyl (C=O) groups is 1. The average molecular weight is 280 g/mol. The number of carbonyl (C=O) groups excluding carboxylic acids is 1. The Kier molecular flexibility index (Phi) is 5.59. The first-order chi connectivity index (χ1) is 9.74. The van der Waals surface area contributed by atoms with Gasteiger partial charge < -0.3 is 20.2 Å². The standard InChI is InChI=1S/C15H24N2O3/c1-2-20-15(18)11-3-4-14(12(9-11)10-16)17-13-5-7-19-8-6-13/h10-11,13,16-17H,2-9H2,1H3. The van der Waals surface area contributed by atoms with Crippen LogP contribution >= 0.6 is 0 Å². The Hall–Kier alpha value is -1.36. The van der Waals surface area contributed by atoms with Crippen LogP contribution in [-0.4, -0.2) is 38.0 Å². The Bertz CT molecular complexity index is 387. The van der Waals surface area contributed by atoms with E-state index in [2.05, 4.69) is 5.32 Å². The van der Waals surface area contributed by atoms with Gasteiger partial charge in [-0.1, -0.05) is 0 Å². The van der Waals surface area contributed by atoms with Crippen LogP contribution in [0.4, 0.5) is 0 Å². The van der Waals surface area contributed by atoms with E-state index in [1.165, 1.54) is 6.21 Å². The second kappa shape index (κ2) is 7.43. The molecular weight excluding hydrogens is 256 g/mol. The molecule has 1 aliphatic carbocycles. The molecule has 5 nitrogen and oxygen atoms in total. The lowest BCUT2D eigenvalue weighted by Crippen LogP contribution is -2.36. The molecule has 2 rings (SSSR count). The molecule has 2 N–H and O–H groups in total. The molecule has 20 heavy (non-hydrogen) atoms. The van der Waals surface area contributed by atoms with Crippen molar-refractivity contribution in [1.29, 1.82) is 5.41 Å². The Morgan fingerprint density at radius 2 is 2.20 bits per heavy atom. The molecule has 1 aliphatic heterocycles. The lowest BCUT2D eigenvalue weighted by molar-refractivity contribution is -0.148. The third-order valence-corrected chi connectivity index (χ3v) is 3.99. The van der Waals surface area contributed by atoms with Gasteiger partial charge in [-0.15, -0.1) is 0 Å². The zero-order valence-corrected chi connectivity index (χ0v) is 12.1. The molecule has 0 bridgehead atoms. The molecule has 112 valence electrons. The molecule has 5 heteroatoms. The van der Waals surface area contributed by atoms with E-state index in [1.54, 1.807) is 0 Å². The Labute approximate surface area is 120 Å². The molecule has 0 aromatic rings. The predicted molar refractivity (Wildman–Crippen MR) is 76.8 cm³/mol. The van der Waals surface area contributed by atoms with Gasteiger partial charge in [0.05, 0.1) is 12.5 Å². The maximum absolute atomic E-state index is 11.8. The van der Waals surface area contributed by atoms with E-state index in [1.807, 2.05) is 6.92 Å². The van der Waals surface area contributed by atoms with Gasteiger partial charge in [0.15, 0.2) is 0 Å². The van der Waals surface area contributed by atoms with Crippen LogP contribution in [0.2, 0.25) is 0 Å². The quantitative estimate of drug-likeness (QED) is 0.597. The molecule has 0 aromatic carbocycles. The molecule has 0 amide bonds. The SMILES string of the molecule is CCOC(=O)C1CCC(NC2CCOCC2)=C(C=N)C1. The highest BCUT2D eigenvalue weighted by Gasteiger charge is 2.27. The van der Waals surface area contributed by atoms with E-state index in [4.69, 9.17) is 14.9 Å². The fourth-order valence-electron chi connectivity index (χ4n) is 2.83. The Morgan fingerprint density at radius 1 is 1.45 bits per heavy atom. The molecule has 2 aliphatic rings. The molecular formula is C15H24N2O3. The van der Waals surface area contributed by atoms with Crippen LogP contribution in [-0.2, 0) is 14.3 Å². The minimum Gasteiger partial charge on any atom is -0.466 e. The van der Waals surface area contributed by atoms with Crippen molar-refractivity contribution in [1.82, 2.24) is 5.32 Å². The van der Waals surface area contributed by atoms with Gasteiger partial charge in [0.1, 0.15) is 0 Å². The molecule has 0 radical (unpaired) electrons. The van der Waals surface area contributed by atoms with Crippen molar-refractivity contribution in [2.45, 2.75) is 45.1 Å². The van der Waals surface area contributed by atoms with Crippen LogP contribution in [0.5, 0.6) is 0 Å². The molecule has 0 saturated carbocycles. The first-order valence-electron chi connectivity index (χ1n) is 7.48. The Balaban J connectivity index is 1.97. The van der Waals surface area contributed by atoms with Gasteiger partial charge >= 0.3 is 5.97 Å². The van der Waals surface area contributed by atoms with E-state index in [9.17, 15) is 4.79 Å². The summed E-state index contributed by atoms with van der Waals surface area (Å²) in [7, 11) is 0. The van der Waals surface area contributed by atoms with Gasteiger partial charge in [-0.2, -0.15) is 0 Å². The highest BCUT2D eigenvalue weighted by atomic mass is 16.5. The smallest absolute Gasteiger partial charge is 0.309 e. The maximum atomic E-state index is 11.8. The van der Waals surface area contributed by atoms with Gasteiger partial charge in [-0.25, -0.2) is 0 Å². The number of allylic oxidation sites excluding steroid dienone is 2. The zero-order valence-electron chi connectivity index (χ0n) is 12.1. The fourth-order valence-corrected chi connectivity index (χ4v) is 2.83. The van der Waals surface area contributed by atoms with Gasteiger partial charge in [0.25, 0.3) is 0 Å². The number of esters is 1. The van der Waals surface area contributed by atoms with Crippen LogP contribution < -0.4 is 5.32 Å². The van der Waals surface area contributed by atoms with E-state index in [0.29, 0.717) is 19.1 Å². The summed E-state index contributed by atoms with van der Waals surface area (Å²) < 4.78 is 10.4. The van der Waals surface area contributed by atoms with Crippen molar-refractivity contribution in [3.63, 3.8) is 0 Å². The molecule has 0 spiro atoms. The average Bonchev–Trinajstić information content (AvgIpc) is 2.49. The minimum absolute atomic E-state index is 0.0909.